The molecule has 5 heteroatoms. The lowest BCUT2D eigenvalue weighted by molar-refractivity contribution is 0.309. The quantitative estimate of drug-likeness (QED) is 0.572. The third kappa shape index (κ3) is 3.35. The number of para-hydroxylation sites is 1. The third-order valence-electron chi connectivity index (χ3n) is 3.25. The van der Waals surface area contributed by atoms with Gasteiger partial charge in [-0.15, -0.1) is 12.4 Å². The van der Waals surface area contributed by atoms with E-state index < -0.39 is 0 Å². The average Bonchev–Trinajstić information content (AvgIpc) is 2.53. The highest BCUT2D eigenvalue weighted by Gasteiger charge is 2.03. The summed E-state index contributed by atoms with van der Waals surface area (Å²) in [5.41, 5.74) is 8.03. The van der Waals surface area contributed by atoms with Gasteiger partial charge in [-0.1, -0.05) is 42.5 Å². The maximum Gasteiger partial charge on any atom is 0.146 e. The van der Waals surface area contributed by atoms with Gasteiger partial charge < -0.3 is 10.5 Å². The summed E-state index contributed by atoms with van der Waals surface area (Å²) in [5.74, 6) is 0.837. The van der Waals surface area contributed by atoms with Crippen molar-refractivity contribution in [2.75, 3.05) is 0 Å². The van der Waals surface area contributed by atoms with Gasteiger partial charge in [0.15, 0.2) is 0 Å². The zero-order chi connectivity index (χ0) is 14.7. The van der Waals surface area contributed by atoms with Crippen LogP contribution in [0.25, 0.3) is 10.9 Å². The third-order valence-corrected chi connectivity index (χ3v) is 3.25. The summed E-state index contributed by atoms with van der Waals surface area (Å²) < 4.78 is 5.86. The average molecular weight is 314 g/mol. The van der Waals surface area contributed by atoms with Crippen LogP contribution in [0.5, 0.6) is 5.75 Å². The van der Waals surface area contributed by atoms with Crippen LogP contribution in [0.4, 0.5) is 0 Å². The van der Waals surface area contributed by atoms with Gasteiger partial charge in [-0.05, 0) is 17.7 Å². The molecule has 0 saturated heterocycles. The molecule has 2 aromatic carbocycles. The first-order chi connectivity index (χ1) is 10.2. The highest BCUT2D eigenvalue weighted by Crippen LogP contribution is 2.23. The first-order valence-corrected chi connectivity index (χ1v) is 6.64. The molecule has 0 atom stereocenters. The van der Waals surface area contributed by atoms with Crippen LogP contribution in [0.15, 0.2) is 60.8 Å². The van der Waals surface area contributed by atoms with Gasteiger partial charge in [0.2, 0.25) is 0 Å². The molecule has 0 fully saturated rings. The van der Waals surface area contributed by atoms with Crippen molar-refractivity contribution in [3.05, 3.63) is 71.9 Å². The smallest absolute Gasteiger partial charge is 0.146 e. The number of nitrogens with zero attached hydrogens (tertiary/aromatic N) is 1. The number of hydrogen-bond donors (Lipinski definition) is 2. The van der Waals surface area contributed by atoms with Gasteiger partial charge in [0.25, 0.3) is 0 Å². The standard InChI is InChI=1S/C17H15N3O.ClH/c18-17(19)14-8-6-12(7-9-14)11-21-15-5-1-3-13-4-2-10-20-16(13)15;/h1-10H,11H2,(H3,18,19);1H. The van der Waals surface area contributed by atoms with Crippen LogP contribution in [0.3, 0.4) is 0 Å². The molecule has 0 aliphatic heterocycles. The minimum atomic E-state index is 0. The molecule has 4 nitrogen and oxygen atoms in total. The Labute approximate surface area is 134 Å². The molecular weight excluding hydrogens is 298 g/mol. The summed E-state index contributed by atoms with van der Waals surface area (Å²) in [5, 5.41) is 8.43. The highest BCUT2D eigenvalue weighted by molar-refractivity contribution is 5.94. The molecule has 22 heavy (non-hydrogen) atoms. The number of pyridine rings is 1. The Kier molecular flexibility index (Phi) is 4.96. The molecule has 1 aromatic heterocycles. The van der Waals surface area contributed by atoms with Crippen LogP contribution >= 0.6 is 12.4 Å². The van der Waals surface area contributed by atoms with Crippen LogP contribution in [0, 0.1) is 5.41 Å². The summed E-state index contributed by atoms with van der Waals surface area (Å²) in [6.45, 7) is 0.452. The second kappa shape index (κ2) is 6.91. The maximum atomic E-state index is 7.37. The molecule has 0 aliphatic rings. The molecule has 0 spiro atoms. The number of nitrogens with two attached hydrogens (primary N) is 1. The summed E-state index contributed by atoms with van der Waals surface area (Å²) >= 11 is 0. The maximum absolute atomic E-state index is 7.37. The number of hydrogen-bond acceptors (Lipinski definition) is 3. The van der Waals surface area contributed by atoms with E-state index in [9.17, 15) is 0 Å². The lowest BCUT2D eigenvalue weighted by Gasteiger charge is -2.09. The van der Waals surface area contributed by atoms with Crippen molar-refractivity contribution in [1.29, 1.82) is 5.41 Å². The molecule has 0 aliphatic carbocycles. The Balaban J connectivity index is 0.00000176. The minimum absolute atomic E-state index is 0. The number of benzene rings is 2. The number of halogens is 1. The number of amidine groups is 1. The molecule has 0 radical (unpaired) electrons. The van der Waals surface area contributed by atoms with Crippen molar-refractivity contribution in [1.82, 2.24) is 4.98 Å². The van der Waals surface area contributed by atoms with E-state index in [4.69, 9.17) is 15.9 Å². The summed E-state index contributed by atoms with van der Waals surface area (Å²) in [7, 11) is 0. The highest BCUT2D eigenvalue weighted by atomic mass is 35.5. The first-order valence-electron chi connectivity index (χ1n) is 6.64. The summed E-state index contributed by atoms with van der Waals surface area (Å²) in [4.78, 5) is 4.36. The molecule has 3 rings (SSSR count). The predicted octanol–water partition coefficient (Wildman–Crippen LogP) is 3.52. The molecule has 0 unspecified atom stereocenters. The zero-order valence-corrected chi connectivity index (χ0v) is 12.6. The van der Waals surface area contributed by atoms with Gasteiger partial charge in [-0.3, -0.25) is 10.4 Å². The van der Waals surface area contributed by atoms with E-state index in [1.807, 2.05) is 54.6 Å². The number of nitrogens with one attached hydrogen (secondary N) is 1. The molecule has 3 aromatic rings. The van der Waals surface area contributed by atoms with Gasteiger partial charge >= 0.3 is 0 Å². The van der Waals surface area contributed by atoms with Gasteiger partial charge in [0.1, 0.15) is 23.7 Å². The van der Waals surface area contributed by atoms with Crippen LogP contribution in [0.2, 0.25) is 0 Å². The van der Waals surface area contributed by atoms with Crippen molar-refractivity contribution in [3.63, 3.8) is 0 Å². The van der Waals surface area contributed by atoms with Crippen molar-refractivity contribution in [2.45, 2.75) is 6.61 Å². The van der Waals surface area contributed by atoms with E-state index in [0.29, 0.717) is 12.2 Å². The van der Waals surface area contributed by atoms with Crippen molar-refractivity contribution in [2.24, 2.45) is 5.73 Å². The fraction of sp³-hybridized carbons (Fsp3) is 0.0588. The SMILES string of the molecule is Cl.N=C(N)c1ccc(COc2cccc3cccnc23)cc1. The Morgan fingerprint density at radius 1 is 1.05 bits per heavy atom. The molecule has 112 valence electrons. The lowest BCUT2D eigenvalue weighted by Crippen LogP contribution is -2.10. The molecule has 0 amide bonds. The predicted molar refractivity (Wildman–Crippen MR) is 90.8 cm³/mol. The second-order valence-electron chi connectivity index (χ2n) is 4.73. The minimum Gasteiger partial charge on any atom is -0.487 e. The Morgan fingerprint density at radius 3 is 2.50 bits per heavy atom. The van der Waals surface area contributed by atoms with E-state index in [-0.39, 0.29) is 18.2 Å². The van der Waals surface area contributed by atoms with Gasteiger partial charge in [0, 0.05) is 17.1 Å². The Hall–Kier alpha value is -2.59. The van der Waals surface area contributed by atoms with Crippen LogP contribution < -0.4 is 10.5 Å². The van der Waals surface area contributed by atoms with E-state index in [2.05, 4.69) is 4.98 Å². The molecule has 3 N–H and O–H groups in total. The fourth-order valence-corrected chi connectivity index (χ4v) is 2.13. The van der Waals surface area contributed by atoms with Crippen molar-refractivity contribution in [3.8, 4) is 5.75 Å². The first kappa shape index (κ1) is 15.8. The molecule has 0 saturated carbocycles. The van der Waals surface area contributed by atoms with E-state index in [1.165, 1.54) is 0 Å². The lowest BCUT2D eigenvalue weighted by atomic mass is 10.1. The monoisotopic (exact) mass is 313 g/mol. The summed E-state index contributed by atoms with van der Waals surface area (Å²) in [6, 6.07) is 17.3. The number of aromatic nitrogens is 1. The summed E-state index contributed by atoms with van der Waals surface area (Å²) in [6.07, 6.45) is 1.76. The number of nitrogen functional groups attached to an aromatic ring is 1. The van der Waals surface area contributed by atoms with Crippen LogP contribution in [-0.4, -0.2) is 10.8 Å². The molecular formula is C17H16ClN3O. The van der Waals surface area contributed by atoms with Gasteiger partial charge in [-0.2, -0.15) is 0 Å². The van der Waals surface area contributed by atoms with Gasteiger partial charge in [0.05, 0.1) is 0 Å². The molecule has 0 bridgehead atoms. The number of rotatable bonds is 4. The second-order valence-corrected chi connectivity index (χ2v) is 4.73. The Morgan fingerprint density at radius 2 is 1.77 bits per heavy atom. The fourth-order valence-electron chi connectivity index (χ4n) is 2.13. The topological polar surface area (TPSA) is 72.0 Å². The van der Waals surface area contributed by atoms with E-state index in [1.54, 1.807) is 6.20 Å². The largest absolute Gasteiger partial charge is 0.487 e. The van der Waals surface area contributed by atoms with Crippen molar-refractivity contribution < 1.29 is 4.74 Å². The normalized spacial score (nSPS) is 10.0. The van der Waals surface area contributed by atoms with E-state index >= 15 is 0 Å². The van der Waals surface area contributed by atoms with Crippen LogP contribution in [-0.2, 0) is 6.61 Å². The van der Waals surface area contributed by atoms with Crippen molar-refractivity contribution >= 4 is 29.1 Å². The molecule has 1 heterocycles. The number of fused-ring (bicyclic) bond motifs is 1. The Bertz CT molecular complexity index is 782. The van der Waals surface area contributed by atoms with Crippen LogP contribution in [0.1, 0.15) is 11.1 Å². The van der Waals surface area contributed by atoms with E-state index in [0.717, 1.165) is 22.2 Å². The number of ether oxygens (including phenoxy) is 1. The zero-order valence-electron chi connectivity index (χ0n) is 11.8. The van der Waals surface area contributed by atoms with Gasteiger partial charge in [-0.25, -0.2) is 0 Å².